The first-order chi connectivity index (χ1) is 9.70. The van der Waals surface area contributed by atoms with Gasteiger partial charge in [0.1, 0.15) is 0 Å². The van der Waals surface area contributed by atoms with Crippen LogP contribution in [0.5, 0.6) is 0 Å². The van der Waals surface area contributed by atoms with Crippen molar-refractivity contribution in [3.05, 3.63) is 58.6 Å². The number of aryl methyl sites for hydroxylation is 1. The average Bonchev–Trinajstić information content (AvgIpc) is 2.44. The third-order valence-electron chi connectivity index (χ3n) is 3.15. The Labute approximate surface area is 119 Å². The molecule has 2 aromatic rings. The van der Waals surface area contributed by atoms with E-state index < -0.39 is 0 Å². The van der Waals surface area contributed by atoms with E-state index in [0.29, 0.717) is 5.82 Å². The molecule has 0 saturated carbocycles. The molecule has 0 amide bonds. The minimum atomic E-state index is -0.0470. The molecule has 0 aliphatic heterocycles. The number of anilines is 1. The maximum absolute atomic E-state index is 12.2. The fraction of sp³-hybridized carbons (Fsp3) is 0.375. The molecule has 1 atom stereocenters. The van der Waals surface area contributed by atoms with Crippen LogP contribution in [-0.4, -0.2) is 15.6 Å². The van der Waals surface area contributed by atoms with Crippen molar-refractivity contribution in [1.29, 1.82) is 0 Å². The molecule has 1 heterocycles. The van der Waals surface area contributed by atoms with Crippen LogP contribution in [0.4, 0.5) is 5.82 Å². The van der Waals surface area contributed by atoms with Crippen LogP contribution in [0.3, 0.4) is 0 Å². The molecule has 0 aliphatic rings. The Balaban J connectivity index is 2.06. The molecule has 2 rings (SSSR count). The van der Waals surface area contributed by atoms with Gasteiger partial charge in [-0.1, -0.05) is 37.3 Å². The molecule has 0 bridgehead atoms. The molecular formula is C16H21N3O. The van der Waals surface area contributed by atoms with E-state index in [1.165, 1.54) is 5.56 Å². The van der Waals surface area contributed by atoms with Crippen molar-refractivity contribution in [2.75, 3.05) is 5.32 Å². The topological polar surface area (TPSA) is 46.9 Å². The van der Waals surface area contributed by atoms with Crippen LogP contribution in [0.2, 0.25) is 0 Å². The number of nitrogens with one attached hydrogen (secondary N) is 1. The normalized spacial score (nSPS) is 12.1. The van der Waals surface area contributed by atoms with Crippen molar-refractivity contribution in [3.8, 4) is 0 Å². The number of rotatable bonds is 6. The van der Waals surface area contributed by atoms with Gasteiger partial charge in [0.2, 0.25) is 0 Å². The van der Waals surface area contributed by atoms with E-state index in [4.69, 9.17) is 0 Å². The summed E-state index contributed by atoms with van der Waals surface area (Å²) < 4.78 is 1.70. The fourth-order valence-corrected chi connectivity index (χ4v) is 2.22. The highest BCUT2D eigenvalue weighted by atomic mass is 16.1. The summed E-state index contributed by atoms with van der Waals surface area (Å²) in [6, 6.07) is 10.4. The Hall–Kier alpha value is -2.10. The van der Waals surface area contributed by atoms with Gasteiger partial charge in [-0.25, -0.2) is 4.98 Å². The predicted molar refractivity (Wildman–Crippen MR) is 82.0 cm³/mol. The summed E-state index contributed by atoms with van der Waals surface area (Å²) in [6.07, 6.45) is 5.21. The van der Waals surface area contributed by atoms with Crippen LogP contribution in [0, 0.1) is 0 Å². The lowest BCUT2D eigenvalue weighted by molar-refractivity contribution is 0.646. The molecule has 1 unspecified atom stereocenters. The first kappa shape index (κ1) is 14.3. The monoisotopic (exact) mass is 271 g/mol. The summed E-state index contributed by atoms with van der Waals surface area (Å²) in [5.74, 6) is 0.435. The van der Waals surface area contributed by atoms with Crippen LogP contribution < -0.4 is 10.9 Å². The second-order valence-corrected chi connectivity index (χ2v) is 5.01. The maximum Gasteiger partial charge on any atom is 0.293 e. The molecular weight excluding hydrogens is 250 g/mol. The molecule has 1 aromatic heterocycles. The molecule has 1 aromatic carbocycles. The molecule has 4 nitrogen and oxygen atoms in total. The number of benzene rings is 1. The van der Waals surface area contributed by atoms with E-state index in [1.54, 1.807) is 17.0 Å². The van der Waals surface area contributed by atoms with Crippen LogP contribution in [0.15, 0.2) is 47.5 Å². The summed E-state index contributed by atoms with van der Waals surface area (Å²) >= 11 is 0. The lowest BCUT2D eigenvalue weighted by Gasteiger charge is -2.15. The van der Waals surface area contributed by atoms with E-state index >= 15 is 0 Å². The molecule has 1 N–H and O–H groups in total. The zero-order valence-electron chi connectivity index (χ0n) is 12.0. The van der Waals surface area contributed by atoms with Crippen molar-refractivity contribution < 1.29 is 0 Å². The molecule has 0 spiro atoms. The Kier molecular flexibility index (Phi) is 4.93. The summed E-state index contributed by atoms with van der Waals surface area (Å²) in [5, 5.41) is 3.21. The van der Waals surface area contributed by atoms with Gasteiger partial charge in [-0.15, -0.1) is 0 Å². The summed E-state index contributed by atoms with van der Waals surface area (Å²) in [6.45, 7) is 4.84. The van der Waals surface area contributed by atoms with Crippen molar-refractivity contribution in [2.24, 2.45) is 0 Å². The molecule has 106 valence electrons. The minimum Gasteiger partial charge on any atom is -0.363 e. The highest BCUT2D eigenvalue weighted by Gasteiger charge is 2.08. The SMILES string of the molecule is CCCn1ccnc(NC(C)Cc2ccccc2)c1=O. The van der Waals surface area contributed by atoms with Crippen LogP contribution >= 0.6 is 0 Å². The lowest BCUT2D eigenvalue weighted by atomic mass is 10.1. The highest BCUT2D eigenvalue weighted by molar-refractivity contribution is 5.33. The highest BCUT2D eigenvalue weighted by Crippen LogP contribution is 2.06. The molecule has 0 radical (unpaired) electrons. The van der Waals surface area contributed by atoms with Crippen LogP contribution in [0.25, 0.3) is 0 Å². The van der Waals surface area contributed by atoms with Gasteiger partial charge in [0.15, 0.2) is 5.82 Å². The van der Waals surface area contributed by atoms with E-state index in [2.05, 4.69) is 36.3 Å². The summed E-state index contributed by atoms with van der Waals surface area (Å²) in [4.78, 5) is 16.3. The Morgan fingerprint density at radius 1 is 1.30 bits per heavy atom. The number of aromatic nitrogens is 2. The zero-order chi connectivity index (χ0) is 14.4. The second-order valence-electron chi connectivity index (χ2n) is 5.01. The first-order valence-corrected chi connectivity index (χ1v) is 7.06. The van der Waals surface area contributed by atoms with Crippen molar-refractivity contribution in [1.82, 2.24) is 9.55 Å². The van der Waals surface area contributed by atoms with Gasteiger partial charge in [-0.3, -0.25) is 4.79 Å². The van der Waals surface area contributed by atoms with Crippen LogP contribution in [-0.2, 0) is 13.0 Å². The van der Waals surface area contributed by atoms with Gasteiger partial charge >= 0.3 is 0 Å². The van der Waals surface area contributed by atoms with Gasteiger partial charge in [0.25, 0.3) is 5.56 Å². The van der Waals surface area contributed by atoms with Crippen LogP contribution in [0.1, 0.15) is 25.8 Å². The summed E-state index contributed by atoms with van der Waals surface area (Å²) in [5.41, 5.74) is 1.20. The second kappa shape index (κ2) is 6.89. The van der Waals surface area contributed by atoms with E-state index in [0.717, 1.165) is 19.4 Å². The molecule has 0 aliphatic carbocycles. The van der Waals surface area contributed by atoms with Gasteiger partial charge in [0, 0.05) is 25.0 Å². The largest absolute Gasteiger partial charge is 0.363 e. The maximum atomic E-state index is 12.2. The van der Waals surface area contributed by atoms with Gasteiger partial charge < -0.3 is 9.88 Å². The number of nitrogens with zero attached hydrogens (tertiary/aromatic N) is 2. The van der Waals surface area contributed by atoms with Gasteiger partial charge in [-0.2, -0.15) is 0 Å². The fourth-order valence-electron chi connectivity index (χ4n) is 2.22. The quantitative estimate of drug-likeness (QED) is 0.878. The van der Waals surface area contributed by atoms with Crippen molar-refractivity contribution >= 4 is 5.82 Å². The molecule has 0 fully saturated rings. The minimum absolute atomic E-state index is 0.0470. The Bertz CT molecular complexity index is 592. The average molecular weight is 271 g/mol. The third-order valence-corrected chi connectivity index (χ3v) is 3.15. The predicted octanol–water partition coefficient (Wildman–Crippen LogP) is 2.70. The van der Waals surface area contributed by atoms with Gasteiger partial charge in [0.05, 0.1) is 0 Å². The zero-order valence-corrected chi connectivity index (χ0v) is 12.0. The first-order valence-electron chi connectivity index (χ1n) is 7.06. The lowest BCUT2D eigenvalue weighted by Crippen LogP contribution is -2.28. The third kappa shape index (κ3) is 3.70. The molecule has 20 heavy (non-hydrogen) atoms. The van der Waals surface area contributed by atoms with E-state index in [-0.39, 0.29) is 11.6 Å². The van der Waals surface area contributed by atoms with Crippen molar-refractivity contribution in [3.63, 3.8) is 0 Å². The van der Waals surface area contributed by atoms with Crippen molar-refractivity contribution in [2.45, 2.75) is 39.3 Å². The van der Waals surface area contributed by atoms with Gasteiger partial charge in [-0.05, 0) is 25.3 Å². The molecule has 4 heteroatoms. The molecule has 0 saturated heterocycles. The Morgan fingerprint density at radius 2 is 2.05 bits per heavy atom. The van der Waals surface area contributed by atoms with E-state index in [9.17, 15) is 4.79 Å². The van der Waals surface area contributed by atoms with E-state index in [1.807, 2.05) is 18.2 Å². The number of hydrogen-bond donors (Lipinski definition) is 1. The standard InChI is InChI=1S/C16H21N3O/c1-3-10-19-11-9-17-15(16(19)20)18-13(2)12-14-7-5-4-6-8-14/h4-9,11,13H,3,10,12H2,1-2H3,(H,17,18). The number of hydrogen-bond acceptors (Lipinski definition) is 3. The Morgan fingerprint density at radius 3 is 2.75 bits per heavy atom. The smallest absolute Gasteiger partial charge is 0.293 e. The summed E-state index contributed by atoms with van der Waals surface area (Å²) in [7, 11) is 0.